The number of benzene rings is 1. The van der Waals surface area contributed by atoms with Gasteiger partial charge in [0.15, 0.2) is 0 Å². The molecule has 0 unspecified atom stereocenters. The highest BCUT2D eigenvalue weighted by Crippen LogP contribution is 2.19. The summed E-state index contributed by atoms with van der Waals surface area (Å²) in [5.74, 6) is -0.506. The number of aliphatic carboxylic acids is 1. The van der Waals surface area contributed by atoms with Crippen LogP contribution in [0.3, 0.4) is 0 Å². The van der Waals surface area contributed by atoms with E-state index in [1.54, 1.807) is 31.2 Å². The summed E-state index contributed by atoms with van der Waals surface area (Å²) in [5.41, 5.74) is 0.793. The van der Waals surface area contributed by atoms with Crippen molar-refractivity contribution in [2.45, 2.75) is 19.8 Å². The van der Waals surface area contributed by atoms with Crippen molar-refractivity contribution in [2.24, 2.45) is 0 Å². The van der Waals surface area contributed by atoms with Crippen LogP contribution in [0, 0.1) is 0 Å². The van der Waals surface area contributed by atoms with Crippen molar-refractivity contribution < 1.29 is 14.6 Å². The average Bonchev–Trinajstić information content (AvgIpc) is 2.18. The molecule has 1 atom stereocenters. The molecule has 3 heteroatoms. The molecule has 0 fully saturated rings. The first-order valence-electron chi connectivity index (χ1n) is 4.60. The second-order valence-electron chi connectivity index (χ2n) is 3.06. The van der Waals surface area contributed by atoms with E-state index in [4.69, 9.17) is 9.84 Å². The first-order valence-corrected chi connectivity index (χ1v) is 4.60. The van der Waals surface area contributed by atoms with Crippen LogP contribution < -0.4 is 4.74 Å². The Morgan fingerprint density at radius 1 is 1.43 bits per heavy atom. The van der Waals surface area contributed by atoms with Gasteiger partial charge in [0, 0.05) is 0 Å². The maximum Gasteiger partial charge on any atom is 0.310 e. The van der Waals surface area contributed by atoms with E-state index in [9.17, 15) is 4.79 Å². The molecular formula is C11H14O3. The van der Waals surface area contributed by atoms with Gasteiger partial charge in [-0.1, -0.05) is 12.1 Å². The lowest BCUT2D eigenvalue weighted by Crippen LogP contribution is -2.07. The van der Waals surface area contributed by atoms with Crippen molar-refractivity contribution in [3.8, 4) is 5.75 Å². The Labute approximate surface area is 83.3 Å². The fraction of sp³-hybridized carbons (Fsp3) is 0.364. The predicted octanol–water partition coefficient (Wildman–Crippen LogP) is 2.27. The van der Waals surface area contributed by atoms with Crippen LogP contribution in [0.25, 0.3) is 0 Å². The minimum Gasteiger partial charge on any atom is -0.494 e. The van der Waals surface area contributed by atoms with Gasteiger partial charge in [-0.25, -0.2) is 0 Å². The summed E-state index contributed by atoms with van der Waals surface area (Å²) in [6.07, 6.45) is 0. The van der Waals surface area contributed by atoms with E-state index >= 15 is 0 Å². The molecule has 1 aromatic carbocycles. The molecular weight excluding hydrogens is 180 g/mol. The minimum atomic E-state index is -0.811. The van der Waals surface area contributed by atoms with Crippen LogP contribution in [-0.4, -0.2) is 17.7 Å². The zero-order chi connectivity index (χ0) is 10.6. The molecule has 0 radical (unpaired) electrons. The van der Waals surface area contributed by atoms with Crippen LogP contribution in [0.15, 0.2) is 24.3 Å². The molecule has 0 amide bonds. The summed E-state index contributed by atoms with van der Waals surface area (Å²) in [6, 6.07) is 7.14. The number of carboxylic acids is 1. The number of carbonyl (C=O) groups is 1. The number of hydrogen-bond acceptors (Lipinski definition) is 2. The van der Waals surface area contributed by atoms with Crippen LogP contribution >= 0.6 is 0 Å². The molecule has 0 heterocycles. The van der Waals surface area contributed by atoms with Gasteiger partial charge in [-0.05, 0) is 31.5 Å². The first-order chi connectivity index (χ1) is 6.65. The Morgan fingerprint density at radius 2 is 2.00 bits per heavy atom. The maximum absolute atomic E-state index is 10.7. The molecule has 0 bridgehead atoms. The monoisotopic (exact) mass is 194 g/mol. The summed E-state index contributed by atoms with van der Waals surface area (Å²) < 4.78 is 5.25. The zero-order valence-electron chi connectivity index (χ0n) is 8.36. The fourth-order valence-electron chi connectivity index (χ4n) is 1.16. The van der Waals surface area contributed by atoms with Crippen LogP contribution in [0.4, 0.5) is 0 Å². The Balaban J connectivity index is 2.77. The van der Waals surface area contributed by atoms with E-state index in [1.807, 2.05) is 6.92 Å². The Bertz CT molecular complexity index is 303. The maximum atomic E-state index is 10.7. The quantitative estimate of drug-likeness (QED) is 0.799. The van der Waals surface area contributed by atoms with Crippen molar-refractivity contribution in [3.63, 3.8) is 0 Å². The summed E-state index contributed by atoms with van der Waals surface area (Å²) in [5, 5.41) is 8.78. The number of rotatable bonds is 4. The third-order valence-corrected chi connectivity index (χ3v) is 2.06. The van der Waals surface area contributed by atoms with Crippen molar-refractivity contribution in [1.29, 1.82) is 0 Å². The third kappa shape index (κ3) is 2.49. The van der Waals surface area contributed by atoms with Gasteiger partial charge < -0.3 is 9.84 Å². The van der Waals surface area contributed by atoms with Crippen molar-refractivity contribution in [1.82, 2.24) is 0 Å². The van der Waals surface area contributed by atoms with E-state index < -0.39 is 11.9 Å². The van der Waals surface area contributed by atoms with Crippen molar-refractivity contribution >= 4 is 5.97 Å². The highest BCUT2D eigenvalue weighted by atomic mass is 16.5. The average molecular weight is 194 g/mol. The fourth-order valence-corrected chi connectivity index (χ4v) is 1.16. The van der Waals surface area contributed by atoms with Crippen molar-refractivity contribution in [3.05, 3.63) is 29.8 Å². The standard InChI is InChI=1S/C11H14O3/c1-3-14-10-6-4-9(5-7-10)8(2)11(12)13/h4-8H,3H2,1-2H3,(H,12,13)/t8-/m1/s1. The number of hydrogen-bond donors (Lipinski definition) is 1. The van der Waals surface area contributed by atoms with Gasteiger partial charge in [-0.15, -0.1) is 0 Å². The molecule has 0 aliphatic rings. The molecule has 1 rings (SSSR count). The molecule has 0 spiro atoms. The van der Waals surface area contributed by atoms with Crippen molar-refractivity contribution in [2.75, 3.05) is 6.61 Å². The Morgan fingerprint density at radius 3 is 2.43 bits per heavy atom. The highest BCUT2D eigenvalue weighted by Gasteiger charge is 2.12. The topological polar surface area (TPSA) is 46.5 Å². The van der Waals surface area contributed by atoms with E-state index in [-0.39, 0.29) is 0 Å². The second kappa shape index (κ2) is 4.65. The zero-order valence-corrected chi connectivity index (χ0v) is 8.36. The molecule has 1 aromatic rings. The lowest BCUT2D eigenvalue weighted by Gasteiger charge is -2.07. The molecule has 14 heavy (non-hydrogen) atoms. The molecule has 76 valence electrons. The largest absolute Gasteiger partial charge is 0.494 e. The van der Waals surface area contributed by atoms with Crippen LogP contribution in [0.5, 0.6) is 5.75 Å². The lowest BCUT2D eigenvalue weighted by atomic mass is 10.0. The smallest absolute Gasteiger partial charge is 0.310 e. The molecule has 0 aliphatic carbocycles. The molecule has 0 saturated heterocycles. The molecule has 3 nitrogen and oxygen atoms in total. The predicted molar refractivity (Wildman–Crippen MR) is 53.7 cm³/mol. The van der Waals surface area contributed by atoms with Crippen LogP contribution in [0.1, 0.15) is 25.3 Å². The van der Waals surface area contributed by atoms with Gasteiger partial charge >= 0.3 is 5.97 Å². The summed E-state index contributed by atoms with van der Waals surface area (Å²) in [4.78, 5) is 10.7. The second-order valence-corrected chi connectivity index (χ2v) is 3.06. The van der Waals surface area contributed by atoms with E-state index in [0.717, 1.165) is 11.3 Å². The van der Waals surface area contributed by atoms with Gasteiger partial charge in [-0.2, -0.15) is 0 Å². The van der Waals surface area contributed by atoms with Gasteiger partial charge in [0.2, 0.25) is 0 Å². The molecule has 0 aliphatic heterocycles. The molecule has 0 aromatic heterocycles. The molecule has 0 saturated carbocycles. The summed E-state index contributed by atoms with van der Waals surface area (Å²) in [6.45, 7) is 4.19. The van der Waals surface area contributed by atoms with E-state index in [0.29, 0.717) is 6.61 Å². The SMILES string of the molecule is CCOc1ccc([C@@H](C)C(=O)O)cc1. The van der Waals surface area contributed by atoms with Gasteiger partial charge in [-0.3, -0.25) is 4.79 Å². The number of ether oxygens (including phenoxy) is 1. The minimum absolute atomic E-state index is 0.467. The van der Waals surface area contributed by atoms with Gasteiger partial charge in [0.25, 0.3) is 0 Å². The Hall–Kier alpha value is -1.51. The molecule has 1 N–H and O–H groups in total. The number of carboxylic acid groups (broad SMARTS) is 1. The van der Waals surface area contributed by atoms with E-state index in [1.165, 1.54) is 0 Å². The summed E-state index contributed by atoms with van der Waals surface area (Å²) >= 11 is 0. The lowest BCUT2D eigenvalue weighted by molar-refractivity contribution is -0.138. The first kappa shape index (κ1) is 10.6. The van der Waals surface area contributed by atoms with E-state index in [2.05, 4.69) is 0 Å². The van der Waals surface area contributed by atoms with Crippen LogP contribution in [0.2, 0.25) is 0 Å². The van der Waals surface area contributed by atoms with Crippen LogP contribution in [-0.2, 0) is 4.79 Å². The summed E-state index contributed by atoms with van der Waals surface area (Å²) in [7, 11) is 0. The highest BCUT2D eigenvalue weighted by molar-refractivity contribution is 5.75. The van der Waals surface area contributed by atoms with Gasteiger partial charge in [0.1, 0.15) is 5.75 Å². The normalized spacial score (nSPS) is 12.1. The van der Waals surface area contributed by atoms with Gasteiger partial charge in [0.05, 0.1) is 12.5 Å². The third-order valence-electron chi connectivity index (χ3n) is 2.06. The Kier molecular flexibility index (Phi) is 3.51.